The number of nitrogens with zero attached hydrogens (tertiary/aromatic N) is 1. The highest BCUT2D eigenvalue weighted by molar-refractivity contribution is 9.10. The van der Waals surface area contributed by atoms with Crippen molar-refractivity contribution in [2.45, 2.75) is 19.3 Å². The Morgan fingerprint density at radius 1 is 1.50 bits per heavy atom. The van der Waals surface area contributed by atoms with Gasteiger partial charge < -0.3 is 10.1 Å². The molecular weight excluding hydrogens is 268 g/mol. The Kier molecular flexibility index (Phi) is 4.60. The lowest BCUT2D eigenvalue weighted by Gasteiger charge is -2.22. The van der Waals surface area contributed by atoms with Gasteiger partial charge in [-0.25, -0.2) is 0 Å². The smallest absolute Gasteiger partial charge is 0.138 e. The quantitative estimate of drug-likeness (QED) is 0.923. The van der Waals surface area contributed by atoms with Crippen molar-refractivity contribution in [3.05, 3.63) is 22.9 Å². The lowest BCUT2D eigenvalue weighted by atomic mass is 9.97. The minimum atomic E-state index is 0.772. The highest BCUT2D eigenvalue weighted by Gasteiger charge is 2.12. The predicted octanol–water partition coefficient (Wildman–Crippen LogP) is 2.61. The van der Waals surface area contributed by atoms with E-state index in [-0.39, 0.29) is 0 Å². The van der Waals surface area contributed by atoms with Crippen LogP contribution in [0.2, 0.25) is 0 Å². The van der Waals surface area contributed by atoms with Crippen LogP contribution < -0.4 is 10.1 Å². The highest BCUT2D eigenvalue weighted by atomic mass is 79.9. The Morgan fingerprint density at radius 3 is 3.19 bits per heavy atom. The van der Waals surface area contributed by atoms with Gasteiger partial charge in [-0.2, -0.15) is 0 Å². The molecule has 0 aromatic carbocycles. The van der Waals surface area contributed by atoms with E-state index in [4.69, 9.17) is 4.74 Å². The van der Waals surface area contributed by atoms with Crippen LogP contribution in [0.4, 0.5) is 0 Å². The second kappa shape index (κ2) is 6.21. The summed E-state index contributed by atoms with van der Waals surface area (Å²) in [6.45, 7) is 3.09. The van der Waals surface area contributed by atoms with Crippen LogP contribution in [0.5, 0.6) is 5.75 Å². The number of ether oxygens (including phenoxy) is 1. The maximum absolute atomic E-state index is 5.67. The molecule has 1 saturated heterocycles. The second-order valence-electron chi connectivity index (χ2n) is 4.19. The Morgan fingerprint density at radius 2 is 2.44 bits per heavy atom. The summed E-state index contributed by atoms with van der Waals surface area (Å²) in [6.07, 6.45) is 7.26. The van der Waals surface area contributed by atoms with E-state index in [1.165, 1.54) is 19.4 Å². The number of hydrogen-bond donors (Lipinski definition) is 1. The van der Waals surface area contributed by atoms with Crippen molar-refractivity contribution in [2.75, 3.05) is 19.7 Å². The SMILES string of the molecule is Brc1cncc(OCCC2CCCNC2)c1. The molecule has 88 valence electrons. The van der Waals surface area contributed by atoms with E-state index in [1.807, 2.05) is 6.07 Å². The molecule has 1 aromatic rings. The summed E-state index contributed by atoms with van der Waals surface area (Å²) in [5.41, 5.74) is 0. The largest absolute Gasteiger partial charge is 0.492 e. The average molecular weight is 285 g/mol. The molecule has 1 aromatic heterocycles. The molecule has 0 amide bonds. The van der Waals surface area contributed by atoms with Crippen LogP contribution in [0, 0.1) is 5.92 Å². The summed E-state index contributed by atoms with van der Waals surface area (Å²) in [5.74, 6) is 1.62. The zero-order chi connectivity index (χ0) is 11.2. The number of halogens is 1. The molecule has 3 nitrogen and oxygen atoms in total. The van der Waals surface area contributed by atoms with Gasteiger partial charge in [-0.1, -0.05) is 0 Å². The van der Waals surface area contributed by atoms with E-state index in [0.717, 1.165) is 35.7 Å². The van der Waals surface area contributed by atoms with E-state index in [9.17, 15) is 0 Å². The van der Waals surface area contributed by atoms with Crippen molar-refractivity contribution >= 4 is 15.9 Å². The van der Waals surface area contributed by atoms with E-state index >= 15 is 0 Å². The first-order chi connectivity index (χ1) is 7.84. The molecule has 1 fully saturated rings. The van der Waals surface area contributed by atoms with Crippen LogP contribution in [0.25, 0.3) is 0 Å². The molecule has 1 aliphatic rings. The van der Waals surface area contributed by atoms with E-state index in [2.05, 4.69) is 26.2 Å². The van der Waals surface area contributed by atoms with Crippen molar-refractivity contribution in [1.82, 2.24) is 10.3 Å². The van der Waals surface area contributed by atoms with Crippen molar-refractivity contribution in [3.63, 3.8) is 0 Å². The number of piperidine rings is 1. The fraction of sp³-hybridized carbons (Fsp3) is 0.583. The van der Waals surface area contributed by atoms with Gasteiger partial charge in [-0.15, -0.1) is 0 Å². The molecule has 0 bridgehead atoms. The van der Waals surface area contributed by atoms with Gasteiger partial charge >= 0.3 is 0 Å². The molecule has 0 radical (unpaired) electrons. The molecule has 4 heteroatoms. The Balaban J connectivity index is 1.71. The van der Waals surface area contributed by atoms with Crippen molar-refractivity contribution in [3.8, 4) is 5.75 Å². The van der Waals surface area contributed by atoms with Crippen LogP contribution >= 0.6 is 15.9 Å². The maximum atomic E-state index is 5.67. The third kappa shape index (κ3) is 3.76. The zero-order valence-corrected chi connectivity index (χ0v) is 10.9. The topological polar surface area (TPSA) is 34.1 Å². The second-order valence-corrected chi connectivity index (χ2v) is 5.10. The zero-order valence-electron chi connectivity index (χ0n) is 9.29. The van der Waals surface area contributed by atoms with Gasteiger partial charge in [-0.05, 0) is 60.3 Å². The summed E-state index contributed by atoms with van der Waals surface area (Å²) in [4.78, 5) is 4.07. The maximum Gasteiger partial charge on any atom is 0.138 e. The first-order valence-electron chi connectivity index (χ1n) is 5.78. The molecule has 1 unspecified atom stereocenters. The Hall–Kier alpha value is -0.610. The highest BCUT2D eigenvalue weighted by Crippen LogP contribution is 2.18. The van der Waals surface area contributed by atoms with Crippen molar-refractivity contribution in [2.24, 2.45) is 5.92 Å². The molecule has 2 rings (SSSR count). The summed E-state index contributed by atoms with van der Waals surface area (Å²) in [7, 11) is 0. The fourth-order valence-electron chi connectivity index (χ4n) is 1.99. The molecule has 0 spiro atoms. The number of aromatic nitrogens is 1. The summed E-state index contributed by atoms with van der Waals surface area (Å²) >= 11 is 3.38. The molecular formula is C12H17BrN2O. The van der Waals surface area contributed by atoms with Gasteiger partial charge in [0.2, 0.25) is 0 Å². The van der Waals surface area contributed by atoms with Crippen LogP contribution in [-0.2, 0) is 0 Å². The molecule has 0 aliphatic carbocycles. The number of hydrogen-bond acceptors (Lipinski definition) is 3. The Bertz CT molecular complexity index is 327. The molecule has 1 N–H and O–H groups in total. The van der Waals surface area contributed by atoms with Gasteiger partial charge in [0.15, 0.2) is 0 Å². The molecule has 1 aliphatic heterocycles. The number of pyridine rings is 1. The lowest BCUT2D eigenvalue weighted by Crippen LogP contribution is -2.30. The van der Waals surface area contributed by atoms with E-state index in [1.54, 1.807) is 12.4 Å². The molecule has 0 saturated carbocycles. The van der Waals surface area contributed by atoms with Gasteiger partial charge in [0.1, 0.15) is 5.75 Å². The standard InChI is InChI=1S/C12H17BrN2O/c13-11-6-12(9-15-8-11)16-5-3-10-2-1-4-14-7-10/h6,8-10,14H,1-5,7H2. The van der Waals surface area contributed by atoms with Gasteiger partial charge in [0, 0.05) is 10.7 Å². The third-order valence-electron chi connectivity index (χ3n) is 2.87. The normalized spacial score (nSPS) is 20.7. The first kappa shape index (κ1) is 11.9. The molecule has 1 atom stereocenters. The van der Waals surface area contributed by atoms with Crippen LogP contribution in [0.15, 0.2) is 22.9 Å². The molecule has 2 heterocycles. The summed E-state index contributed by atoms with van der Waals surface area (Å²) < 4.78 is 6.63. The van der Waals surface area contributed by atoms with E-state index in [0.29, 0.717) is 0 Å². The third-order valence-corrected chi connectivity index (χ3v) is 3.31. The Labute approximate surface area is 105 Å². The summed E-state index contributed by atoms with van der Waals surface area (Å²) in [5, 5.41) is 3.42. The van der Waals surface area contributed by atoms with Crippen LogP contribution in [0.1, 0.15) is 19.3 Å². The lowest BCUT2D eigenvalue weighted by molar-refractivity contribution is 0.253. The predicted molar refractivity (Wildman–Crippen MR) is 67.6 cm³/mol. The first-order valence-corrected chi connectivity index (χ1v) is 6.58. The van der Waals surface area contributed by atoms with Crippen molar-refractivity contribution < 1.29 is 4.74 Å². The minimum Gasteiger partial charge on any atom is -0.492 e. The fourth-order valence-corrected chi connectivity index (χ4v) is 2.33. The van der Waals surface area contributed by atoms with E-state index < -0.39 is 0 Å². The average Bonchev–Trinajstić information content (AvgIpc) is 2.30. The minimum absolute atomic E-state index is 0.772. The van der Waals surface area contributed by atoms with Gasteiger partial charge in [0.25, 0.3) is 0 Å². The van der Waals surface area contributed by atoms with Crippen molar-refractivity contribution in [1.29, 1.82) is 0 Å². The number of nitrogens with one attached hydrogen (secondary N) is 1. The number of rotatable bonds is 4. The monoisotopic (exact) mass is 284 g/mol. The van der Waals surface area contributed by atoms with Gasteiger partial charge in [-0.3, -0.25) is 4.98 Å². The van der Waals surface area contributed by atoms with Crippen LogP contribution in [-0.4, -0.2) is 24.7 Å². The summed E-state index contributed by atoms with van der Waals surface area (Å²) in [6, 6.07) is 1.95. The molecule has 16 heavy (non-hydrogen) atoms. The van der Waals surface area contributed by atoms with Gasteiger partial charge in [0.05, 0.1) is 12.8 Å². The van der Waals surface area contributed by atoms with Crippen LogP contribution in [0.3, 0.4) is 0 Å².